The predicted octanol–water partition coefficient (Wildman–Crippen LogP) is 5.63. The largest absolute Gasteiger partial charge is 0.497 e. The van der Waals surface area contributed by atoms with Crippen LogP contribution in [-0.4, -0.2) is 67.2 Å². The van der Waals surface area contributed by atoms with Crippen LogP contribution in [0.2, 0.25) is 0 Å². The van der Waals surface area contributed by atoms with Crippen LogP contribution < -0.4 is 19.7 Å². The Morgan fingerprint density at radius 2 is 1.65 bits per heavy atom. The Bertz CT molecular complexity index is 1490. The van der Waals surface area contributed by atoms with E-state index in [1.165, 1.54) is 0 Å². The summed E-state index contributed by atoms with van der Waals surface area (Å²) in [5.74, 6) is 2.05. The normalized spacial score (nSPS) is 16.3. The van der Waals surface area contributed by atoms with Gasteiger partial charge in [-0.1, -0.05) is 24.3 Å². The minimum Gasteiger partial charge on any atom is -0.497 e. The van der Waals surface area contributed by atoms with Gasteiger partial charge < -0.3 is 24.6 Å². The average molecular weight is 538 g/mol. The highest BCUT2D eigenvalue weighted by Gasteiger charge is 2.25. The summed E-state index contributed by atoms with van der Waals surface area (Å²) in [7, 11) is 3.80. The van der Waals surface area contributed by atoms with Gasteiger partial charge >= 0.3 is 0 Å². The molecule has 2 aliphatic rings. The van der Waals surface area contributed by atoms with Crippen molar-refractivity contribution in [3.8, 4) is 22.8 Å². The smallest absolute Gasteiger partial charge is 0.258 e. The second kappa shape index (κ2) is 11.5. The zero-order valence-electron chi connectivity index (χ0n) is 23.1. The van der Waals surface area contributed by atoms with Gasteiger partial charge in [0, 0.05) is 37.4 Å². The summed E-state index contributed by atoms with van der Waals surface area (Å²) in [6.45, 7) is 3.95. The molecule has 6 rings (SSSR count). The Labute approximate surface area is 234 Å². The van der Waals surface area contributed by atoms with Gasteiger partial charge in [0.2, 0.25) is 0 Å². The number of hydrogen-bond acceptors (Lipinski definition) is 7. The molecule has 1 aromatic heterocycles. The third kappa shape index (κ3) is 5.72. The van der Waals surface area contributed by atoms with Gasteiger partial charge in [-0.05, 0) is 86.3 Å². The highest BCUT2D eigenvalue weighted by Crippen LogP contribution is 2.32. The van der Waals surface area contributed by atoms with Crippen LogP contribution in [-0.2, 0) is 0 Å². The highest BCUT2D eigenvalue weighted by atomic mass is 16.5. The summed E-state index contributed by atoms with van der Waals surface area (Å²) in [5, 5.41) is 3.03. The number of anilines is 2. The number of nitrogens with zero attached hydrogens (tertiary/aromatic N) is 4. The molecular weight excluding hydrogens is 502 g/mol. The molecule has 1 N–H and O–H groups in total. The molecule has 1 amide bonds. The van der Waals surface area contributed by atoms with Crippen LogP contribution in [0.15, 0.2) is 66.7 Å². The van der Waals surface area contributed by atoms with E-state index in [0.29, 0.717) is 17.1 Å². The van der Waals surface area contributed by atoms with Gasteiger partial charge in [-0.15, -0.1) is 0 Å². The quantitative estimate of drug-likeness (QED) is 0.327. The lowest BCUT2D eigenvalue weighted by atomic mass is 10.0. The van der Waals surface area contributed by atoms with E-state index in [1.54, 1.807) is 7.11 Å². The molecule has 0 aliphatic carbocycles. The van der Waals surface area contributed by atoms with Crippen LogP contribution >= 0.6 is 0 Å². The molecule has 2 aliphatic heterocycles. The second-order valence-corrected chi connectivity index (χ2v) is 10.6. The number of benzene rings is 3. The van der Waals surface area contributed by atoms with E-state index in [-0.39, 0.29) is 12.0 Å². The van der Waals surface area contributed by atoms with Crippen molar-refractivity contribution in [2.24, 2.45) is 0 Å². The van der Waals surface area contributed by atoms with E-state index in [9.17, 15) is 4.79 Å². The molecular formula is C32H35N5O3. The molecule has 0 bridgehead atoms. The van der Waals surface area contributed by atoms with E-state index in [2.05, 4.69) is 22.2 Å². The highest BCUT2D eigenvalue weighted by molar-refractivity contribution is 6.05. The first-order valence-corrected chi connectivity index (χ1v) is 14.0. The topological polar surface area (TPSA) is 79.8 Å². The molecule has 3 aromatic carbocycles. The van der Waals surface area contributed by atoms with Crippen LogP contribution in [0.3, 0.4) is 0 Å². The number of ether oxygens (including phenoxy) is 2. The molecule has 4 aromatic rings. The minimum atomic E-state index is -0.175. The lowest BCUT2D eigenvalue weighted by molar-refractivity contribution is 0.102. The average Bonchev–Trinajstić information content (AvgIpc) is 3.53. The van der Waals surface area contributed by atoms with E-state index in [4.69, 9.17) is 19.4 Å². The molecule has 8 heteroatoms. The summed E-state index contributed by atoms with van der Waals surface area (Å²) < 4.78 is 11.8. The lowest BCUT2D eigenvalue weighted by Crippen LogP contribution is -2.36. The van der Waals surface area contributed by atoms with Gasteiger partial charge in [-0.25, -0.2) is 9.97 Å². The number of carbonyl (C=O) groups excluding carboxylic acids is 1. The van der Waals surface area contributed by atoms with Crippen LogP contribution in [0, 0.1) is 0 Å². The Balaban J connectivity index is 1.21. The van der Waals surface area contributed by atoms with Crippen molar-refractivity contribution in [2.45, 2.75) is 31.8 Å². The van der Waals surface area contributed by atoms with E-state index < -0.39 is 0 Å². The predicted molar refractivity (Wildman–Crippen MR) is 159 cm³/mol. The fraction of sp³-hybridized carbons (Fsp3) is 0.344. The summed E-state index contributed by atoms with van der Waals surface area (Å²) in [4.78, 5) is 27.6. The number of hydrogen-bond donors (Lipinski definition) is 1. The Morgan fingerprint density at radius 1 is 0.875 bits per heavy atom. The van der Waals surface area contributed by atoms with Gasteiger partial charge in [0.15, 0.2) is 5.82 Å². The van der Waals surface area contributed by atoms with Gasteiger partial charge in [0.1, 0.15) is 11.9 Å². The molecule has 0 atom stereocenters. The van der Waals surface area contributed by atoms with Crippen molar-refractivity contribution in [3.63, 3.8) is 0 Å². The van der Waals surface area contributed by atoms with Gasteiger partial charge in [-0.2, -0.15) is 0 Å². The Morgan fingerprint density at radius 3 is 2.40 bits per heavy atom. The first kappa shape index (κ1) is 26.1. The number of piperidine rings is 1. The van der Waals surface area contributed by atoms with Crippen molar-refractivity contribution in [3.05, 3.63) is 72.3 Å². The Hall–Kier alpha value is -4.17. The summed E-state index contributed by atoms with van der Waals surface area (Å²) in [6, 6.07) is 21.1. The summed E-state index contributed by atoms with van der Waals surface area (Å²) >= 11 is 0. The molecule has 2 saturated heterocycles. The number of carbonyl (C=O) groups is 1. The first-order valence-electron chi connectivity index (χ1n) is 14.0. The number of rotatable bonds is 7. The molecule has 3 heterocycles. The summed E-state index contributed by atoms with van der Waals surface area (Å²) in [5.41, 5.74) is 4.81. The third-order valence-electron chi connectivity index (χ3n) is 7.77. The summed E-state index contributed by atoms with van der Waals surface area (Å²) in [6.07, 6.45) is 4.40. The number of fused-ring (bicyclic) bond motifs is 1. The van der Waals surface area contributed by atoms with Crippen LogP contribution in [0.5, 0.6) is 11.6 Å². The van der Waals surface area contributed by atoms with Crippen LogP contribution in [0.25, 0.3) is 22.2 Å². The van der Waals surface area contributed by atoms with E-state index in [0.717, 1.165) is 85.6 Å². The van der Waals surface area contributed by atoms with Gasteiger partial charge in [0.05, 0.1) is 18.1 Å². The Kier molecular flexibility index (Phi) is 7.51. The SMILES string of the molecule is COc1cccc(-c2ccc(C(=O)Nc3ccc4nc(OC5CCN(C)CC5)c(N5CCCC5)nc4c3)cc2)c1. The third-order valence-corrected chi connectivity index (χ3v) is 7.77. The van der Waals surface area contributed by atoms with Crippen molar-refractivity contribution >= 4 is 28.4 Å². The number of methoxy groups -OCH3 is 1. The minimum absolute atomic E-state index is 0.151. The first-order chi connectivity index (χ1) is 19.6. The number of amides is 1. The van der Waals surface area contributed by atoms with Crippen molar-refractivity contribution in [1.82, 2.24) is 14.9 Å². The number of aromatic nitrogens is 2. The van der Waals surface area contributed by atoms with Crippen LogP contribution in [0.4, 0.5) is 11.5 Å². The zero-order valence-corrected chi connectivity index (χ0v) is 23.1. The molecule has 0 spiro atoms. The van der Waals surface area contributed by atoms with Crippen molar-refractivity contribution in [2.75, 3.05) is 50.6 Å². The maximum Gasteiger partial charge on any atom is 0.258 e. The monoisotopic (exact) mass is 537 g/mol. The van der Waals surface area contributed by atoms with Gasteiger partial charge in [0.25, 0.3) is 11.8 Å². The number of likely N-dealkylation sites (tertiary alicyclic amines) is 1. The maximum atomic E-state index is 13.1. The molecule has 206 valence electrons. The second-order valence-electron chi connectivity index (χ2n) is 10.6. The fourth-order valence-electron chi connectivity index (χ4n) is 5.40. The molecule has 0 saturated carbocycles. The molecule has 40 heavy (non-hydrogen) atoms. The van der Waals surface area contributed by atoms with E-state index >= 15 is 0 Å². The van der Waals surface area contributed by atoms with Crippen LogP contribution in [0.1, 0.15) is 36.0 Å². The lowest BCUT2D eigenvalue weighted by Gasteiger charge is -2.30. The molecule has 2 fully saturated rings. The van der Waals surface area contributed by atoms with E-state index in [1.807, 2.05) is 66.7 Å². The zero-order chi connectivity index (χ0) is 27.5. The fourth-order valence-corrected chi connectivity index (χ4v) is 5.40. The number of nitrogens with one attached hydrogen (secondary N) is 1. The maximum absolute atomic E-state index is 13.1. The van der Waals surface area contributed by atoms with Gasteiger partial charge in [-0.3, -0.25) is 4.79 Å². The standard InChI is InChI=1S/C32H35N5O3/c1-36-18-14-26(15-19-36)40-32-30(37-16-3-4-17-37)34-29-21-25(12-13-28(29)35-32)33-31(38)23-10-8-22(9-11-23)24-6-5-7-27(20-24)39-2/h5-13,20-21,26H,3-4,14-19H2,1-2H3,(H,33,38). The van der Waals surface area contributed by atoms with Crippen molar-refractivity contribution in [1.29, 1.82) is 0 Å². The van der Waals surface area contributed by atoms with Crippen molar-refractivity contribution < 1.29 is 14.3 Å². The molecule has 0 radical (unpaired) electrons. The molecule has 0 unspecified atom stereocenters. The molecule has 8 nitrogen and oxygen atoms in total.